The summed E-state index contributed by atoms with van der Waals surface area (Å²) in [6.45, 7) is 9.97. The van der Waals surface area contributed by atoms with Crippen molar-refractivity contribution in [1.29, 1.82) is 0 Å². The molecule has 0 unspecified atom stereocenters. The quantitative estimate of drug-likeness (QED) is 0.693. The van der Waals surface area contributed by atoms with Crippen LogP contribution in [0.2, 0.25) is 0 Å². The zero-order chi connectivity index (χ0) is 22.7. The van der Waals surface area contributed by atoms with Crippen LogP contribution in [0.4, 0.5) is 5.69 Å². The van der Waals surface area contributed by atoms with Gasteiger partial charge in [-0.2, -0.15) is 5.10 Å². The SMILES string of the molecule is COc1ccccc1N1CCN([C@@H]2CCCN(C(=O)c3cc(CC(C)C)nn3C)C2)CC1. The number of carbonyl (C=O) groups is 1. The Hall–Kier alpha value is -2.54. The molecule has 3 heterocycles. The topological polar surface area (TPSA) is 53.8 Å². The number of benzene rings is 1. The number of amides is 1. The number of rotatable bonds is 6. The Morgan fingerprint density at radius 3 is 2.62 bits per heavy atom. The van der Waals surface area contributed by atoms with E-state index in [1.54, 1.807) is 11.8 Å². The summed E-state index contributed by atoms with van der Waals surface area (Å²) in [5, 5.41) is 4.57. The van der Waals surface area contributed by atoms with Gasteiger partial charge in [-0.1, -0.05) is 26.0 Å². The summed E-state index contributed by atoms with van der Waals surface area (Å²) in [6.07, 6.45) is 3.11. The van der Waals surface area contributed by atoms with Crippen molar-refractivity contribution in [1.82, 2.24) is 19.6 Å². The van der Waals surface area contributed by atoms with Crippen molar-refractivity contribution in [2.75, 3.05) is 51.3 Å². The predicted octanol–water partition coefficient (Wildman–Crippen LogP) is 3.05. The second-order valence-electron chi connectivity index (χ2n) is 9.48. The number of anilines is 1. The summed E-state index contributed by atoms with van der Waals surface area (Å²) in [7, 11) is 3.62. The van der Waals surface area contributed by atoms with E-state index in [1.807, 2.05) is 30.1 Å². The molecule has 0 radical (unpaired) electrons. The maximum atomic E-state index is 13.3. The minimum atomic E-state index is 0.118. The van der Waals surface area contributed by atoms with Crippen molar-refractivity contribution in [2.45, 2.75) is 39.2 Å². The third kappa shape index (κ3) is 4.93. The molecule has 1 atom stereocenters. The number of hydrogen-bond acceptors (Lipinski definition) is 5. The van der Waals surface area contributed by atoms with E-state index in [1.165, 1.54) is 5.69 Å². The molecule has 1 aromatic carbocycles. The second-order valence-corrected chi connectivity index (χ2v) is 9.48. The first-order chi connectivity index (χ1) is 15.5. The predicted molar refractivity (Wildman–Crippen MR) is 127 cm³/mol. The van der Waals surface area contributed by atoms with Gasteiger partial charge in [-0.3, -0.25) is 14.4 Å². The molecule has 1 amide bonds. The Labute approximate surface area is 191 Å². The van der Waals surface area contributed by atoms with Gasteiger partial charge in [0.1, 0.15) is 11.4 Å². The molecule has 1 aromatic heterocycles. The van der Waals surface area contributed by atoms with E-state index in [9.17, 15) is 4.79 Å². The number of piperidine rings is 1. The highest BCUT2D eigenvalue weighted by molar-refractivity contribution is 5.92. The van der Waals surface area contributed by atoms with Crippen LogP contribution in [-0.4, -0.2) is 77.9 Å². The third-order valence-corrected chi connectivity index (χ3v) is 6.71. The highest BCUT2D eigenvalue weighted by Gasteiger charge is 2.31. The number of ether oxygens (including phenoxy) is 1. The van der Waals surface area contributed by atoms with Crippen LogP contribution in [-0.2, 0) is 13.5 Å². The van der Waals surface area contributed by atoms with E-state index in [2.05, 4.69) is 40.9 Å². The molecule has 0 N–H and O–H groups in total. The van der Waals surface area contributed by atoms with Gasteiger partial charge in [0.15, 0.2) is 0 Å². The minimum Gasteiger partial charge on any atom is -0.495 e. The number of methoxy groups -OCH3 is 1. The van der Waals surface area contributed by atoms with Crippen molar-refractivity contribution >= 4 is 11.6 Å². The first-order valence-electron chi connectivity index (χ1n) is 11.9. The van der Waals surface area contributed by atoms with E-state index < -0.39 is 0 Å². The summed E-state index contributed by atoms with van der Waals surface area (Å²) in [5.74, 6) is 1.58. The molecular weight excluding hydrogens is 402 g/mol. The average Bonchev–Trinajstić information content (AvgIpc) is 3.17. The monoisotopic (exact) mass is 439 g/mol. The molecule has 2 aromatic rings. The zero-order valence-corrected chi connectivity index (χ0v) is 20.0. The first kappa shape index (κ1) is 22.6. The van der Waals surface area contributed by atoms with Gasteiger partial charge in [0.25, 0.3) is 5.91 Å². The molecule has 0 bridgehead atoms. The van der Waals surface area contributed by atoms with Crippen LogP contribution < -0.4 is 9.64 Å². The lowest BCUT2D eigenvalue weighted by atomic mass is 10.0. The van der Waals surface area contributed by atoms with Gasteiger partial charge in [0.2, 0.25) is 0 Å². The van der Waals surface area contributed by atoms with Gasteiger partial charge in [0, 0.05) is 52.4 Å². The lowest BCUT2D eigenvalue weighted by Gasteiger charge is -2.44. The lowest BCUT2D eigenvalue weighted by molar-refractivity contribution is 0.0553. The van der Waals surface area contributed by atoms with Crippen LogP contribution in [0, 0.1) is 5.92 Å². The summed E-state index contributed by atoms with van der Waals surface area (Å²) in [5.41, 5.74) is 2.89. The molecule has 0 aliphatic carbocycles. The molecule has 0 spiro atoms. The molecule has 32 heavy (non-hydrogen) atoms. The largest absolute Gasteiger partial charge is 0.495 e. The lowest BCUT2D eigenvalue weighted by Crippen LogP contribution is -2.56. The number of aromatic nitrogens is 2. The van der Waals surface area contributed by atoms with E-state index in [0.717, 1.165) is 70.0 Å². The molecule has 2 saturated heterocycles. The van der Waals surface area contributed by atoms with Gasteiger partial charge in [-0.25, -0.2) is 0 Å². The molecule has 0 saturated carbocycles. The highest BCUT2D eigenvalue weighted by Crippen LogP contribution is 2.29. The molecule has 7 heteroatoms. The maximum absolute atomic E-state index is 13.3. The Morgan fingerprint density at radius 1 is 1.16 bits per heavy atom. The van der Waals surface area contributed by atoms with Crippen molar-refractivity contribution in [3.05, 3.63) is 41.7 Å². The number of hydrogen-bond donors (Lipinski definition) is 0. The smallest absolute Gasteiger partial charge is 0.272 e. The molecule has 2 aliphatic rings. The number of para-hydroxylation sites is 2. The van der Waals surface area contributed by atoms with E-state index in [0.29, 0.717) is 17.7 Å². The third-order valence-electron chi connectivity index (χ3n) is 6.71. The van der Waals surface area contributed by atoms with Gasteiger partial charge >= 0.3 is 0 Å². The van der Waals surface area contributed by atoms with Crippen LogP contribution in [0.3, 0.4) is 0 Å². The zero-order valence-electron chi connectivity index (χ0n) is 20.0. The van der Waals surface area contributed by atoms with Crippen LogP contribution in [0.5, 0.6) is 5.75 Å². The van der Waals surface area contributed by atoms with Crippen molar-refractivity contribution in [3.63, 3.8) is 0 Å². The number of piperazine rings is 1. The van der Waals surface area contributed by atoms with Crippen LogP contribution in [0.25, 0.3) is 0 Å². The molecule has 2 fully saturated rings. The van der Waals surface area contributed by atoms with Crippen LogP contribution >= 0.6 is 0 Å². The number of carbonyl (C=O) groups excluding carboxylic acids is 1. The summed E-state index contributed by atoms with van der Waals surface area (Å²) < 4.78 is 7.31. The molecule has 4 rings (SSSR count). The Balaban J connectivity index is 1.36. The Morgan fingerprint density at radius 2 is 1.91 bits per heavy atom. The van der Waals surface area contributed by atoms with Gasteiger partial charge < -0.3 is 14.5 Å². The van der Waals surface area contributed by atoms with Crippen LogP contribution in [0.15, 0.2) is 30.3 Å². The summed E-state index contributed by atoms with van der Waals surface area (Å²) in [4.78, 5) is 20.3. The molecule has 174 valence electrons. The van der Waals surface area contributed by atoms with Crippen molar-refractivity contribution in [3.8, 4) is 5.75 Å². The number of likely N-dealkylation sites (tertiary alicyclic amines) is 1. The van der Waals surface area contributed by atoms with E-state index >= 15 is 0 Å². The maximum Gasteiger partial charge on any atom is 0.272 e. The van der Waals surface area contributed by atoms with Gasteiger partial charge in [0.05, 0.1) is 18.5 Å². The van der Waals surface area contributed by atoms with Gasteiger partial charge in [-0.15, -0.1) is 0 Å². The fourth-order valence-electron chi connectivity index (χ4n) is 5.06. The van der Waals surface area contributed by atoms with Crippen molar-refractivity contribution < 1.29 is 9.53 Å². The Bertz CT molecular complexity index is 917. The fraction of sp³-hybridized carbons (Fsp3) is 0.600. The van der Waals surface area contributed by atoms with E-state index in [-0.39, 0.29) is 5.91 Å². The summed E-state index contributed by atoms with van der Waals surface area (Å²) in [6, 6.07) is 10.7. The molecule has 7 nitrogen and oxygen atoms in total. The Kier molecular flexibility index (Phi) is 7.04. The molecular formula is C25H37N5O2. The van der Waals surface area contributed by atoms with Gasteiger partial charge in [-0.05, 0) is 43.4 Å². The fourth-order valence-corrected chi connectivity index (χ4v) is 5.06. The number of aryl methyl sites for hydroxylation is 1. The average molecular weight is 440 g/mol. The molecule has 2 aliphatic heterocycles. The van der Waals surface area contributed by atoms with Crippen LogP contribution in [0.1, 0.15) is 42.9 Å². The minimum absolute atomic E-state index is 0.118. The summed E-state index contributed by atoms with van der Waals surface area (Å²) >= 11 is 0. The first-order valence-corrected chi connectivity index (χ1v) is 11.9. The second kappa shape index (κ2) is 9.94. The highest BCUT2D eigenvalue weighted by atomic mass is 16.5. The standard InChI is InChI=1S/C25H37N5O2/c1-19(2)16-20-17-23(27(3)26-20)25(31)30-11-7-8-21(18-30)28-12-14-29(15-13-28)22-9-5-6-10-24(22)32-4/h5-6,9-10,17,19,21H,7-8,11-16,18H2,1-4H3/t21-/m1/s1. The number of nitrogens with zero attached hydrogens (tertiary/aromatic N) is 5. The van der Waals surface area contributed by atoms with E-state index in [4.69, 9.17) is 4.74 Å². The normalized spacial score (nSPS) is 20.1. The van der Waals surface area contributed by atoms with Crippen molar-refractivity contribution in [2.24, 2.45) is 13.0 Å².